The van der Waals surface area contributed by atoms with Crippen molar-refractivity contribution in [1.82, 2.24) is 4.98 Å². The van der Waals surface area contributed by atoms with Gasteiger partial charge in [0, 0.05) is 35.2 Å². The van der Waals surface area contributed by atoms with Gasteiger partial charge in [0.05, 0.1) is 4.92 Å². The Morgan fingerprint density at radius 3 is 2.52 bits per heavy atom. The zero-order valence-electron chi connectivity index (χ0n) is 15.5. The maximum Gasteiger partial charge on any atom is 0.310 e. The third-order valence-corrected chi connectivity index (χ3v) is 4.71. The molecule has 1 aromatic heterocycles. The number of hydrogen-bond acceptors (Lipinski definition) is 4. The van der Waals surface area contributed by atoms with Gasteiger partial charge in [-0.15, -0.1) is 0 Å². The van der Waals surface area contributed by atoms with E-state index in [4.69, 9.17) is 4.74 Å². The van der Waals surface area contributed by atoms with Gasteiger partial charge in [0.1, 0.15) is 6.61 Å². The number of ketones is 1. The average molecular weight is 386 g/mol. The second kappa shape index (κ2) is 7.98. The Balaban J connectivity index is 1.57. The number of para-hydroxylation sites is 1. The van der Waals surface area contributed by atoms with Gasteiger partial charge in [0.25, 0.3) is 0 Å². The Morgan fingerprint density at radius 1 is 0.966 bits per heavy atom. The van der Waals surface area contributed by atoms with Crippen molar-refractivity contribution in [2.45, 2.75) is 13.0 Å². The normalized spacial score (nSPS) is 10.8. The fourth-order valence-electron chi connectivity index (χ4n) is 3.25. The number of nitro benzene ring substituents is 1. The van der Waals surface area contributed by atoms with Crippen LogP contribution in [0.3, 0.4) is 0 Å². The monoisotopic (exact) mass is 386 g/mol. The van der Waals surface area contributed by atoms with Crippen molar-refractivity contribution < 1.29 is 14.5 Å². The van der Waals surface area contributed by atoms with Crippen LogP contribution in [0, 0.1) is 10.1 Å². The van der Waals surface area contributed by atoms with Crippen LogP contribution < -0.4 is 4.74 Å². The van der Waals surface area contributed by atoms with E-state index in [1.165, 1.54) is 6.07 Å². The molecule has 1 heterocycles. The number of carbonyl (C=O) groups is 1. The zero-order chi connectivity index (χ0) is 20.2. The second-order valence-electron chi connectivity index (χ2n) is 6.68. The summed E-state index contributed by atoms with van der Waals surface area (Å²) in [6.45, 7) is 0.210. The molecule has 1 N–H and O–H groups in total. The van der Waals surface area contributed by atoms with E-state index >= 15 is 0 Å². The molecule has 4 rings (SSSR count). The quantitative estimate of drug-likeness (QED) is 0.273. The summed E-state index contributed by atoms with van der Waals surface area (Å²) in [7, 11) is 0. The number of aromatic amines is 1. The van der Waals surface area contributed by atoms with Gasteiger partial charge in [-0.2, -0.15) is 0 Å². The van der Waals surface area contributed by atoms with Crippen LogP contribution >= 0.6 is 0 Å². The van der Waals surface area contributed by atoms with Gasteiger partial charge >= 0.3 is 5.69 Å². The first-order valence-corrected chi connectivity index (χ1v) is 9.15. The van der Waals surface area contributed by atoms with Crippen molar-refractivity contribution >= 4 is 22.4 Å². The minimum Gasteiger partial charge on any atom is -0.482 e. The van der Waals surface area contributed by atoms with E-state index in [0.29, 0.717) is 11.1 Å². The maximum absolute atomic E-state index is 12.8. The highest BCUT2D eigenvalue weighted by molar-refractivity contribution is 6.08. The fraction of sp³-hybridized carbons (Fsp3) is 0.0870. The van der Waals surface area contributed by atoms with Gasteiger partial charge in [0.2, 0.25) is 0 Å². The van der Waals surface area contributed by atoms with Gasteiger partial charge in [-0.1, -0.05) is 54.6 Å². The molecule has 0 unspecified atom stereocenters. The van der Waals surface area contributed by atoms with E-state index in [1.54, 1.807) is 18.3 Å². The Kier molecular flexibility index (Phi) is 5.07. The summed E-state index contributed by atoms with van der Waals surface area (Å²) in [5.74, 6) is 0.0911. The van der Waals surface area contributed by atoms with Crippen LogP contribution in [0.25, 0.3) is 10.9 Å². The van der Waals surface area contributed by atoms with Crippen LogP contribution in [-0.2, 0) is 13.0 Å². The summed E-state index contributed by atoms with van der Waals surface area (Å²) in [5.41, 5.74) is 2.94. The summed E-state index contributed by atoms with van der Waals surface area (Å²) < 4.78 is 5.71. The van der Waals surface area contributed by atoms with Gasteiger partial charge in [-0.25, -0.2) is 0 Å². The first-order valence-electron chi connectivity index (χ1n) is 9.15. The third kappa shape index (κ3) is 4.01. The molecule has 0 aliphatic heterocycles. The fourth-order valence-corrected chi connectivity index (χ4v) is 3.25. The Hall–Kier alpha value is -3.93. The van der Waals surface area contributed by atoms with Gasteiger partial charge in [0.15, 0.2) is 11.5 Å². The Labute approximate surface area is 166 Å². The number of rotatable bonds is 7. The largest absolute Gasteiger partial charge is 0.482 e. The lowest BCUT2D eigenvalue weighted by Crippen LogP contribution is -2.05. The summed E-state index contributed by atoms with van der Waals surface area (Å²) in [6.07, 6.45) is 1.83. The number of hydrogen-bond donors (Lipinski definition) is 1. The van der Waals surface area contributed by atoms with Crippen molar-refractivity contribution in [2.75, 3.05) is 0 Å². The lowest BCUT2D eigenvalue weighted by molar-refractivity contribution is -0.386. The highest BCUT2D eigenvalue weighted by Gasteiger charge is 2.18. The van der Waals surface area contributed by atoms with Crippen LogP contribution in [0.2, 0.25) is 0 Å². The molecule has 0 spiro atoms. The molecule has 0 bridgehead atoms. The first kappa shape index (κ1) is 18.4. The number of benzene rings is 3. The molecule has 144 valence electrons. The number of H-pyrrole nitrogens is 1. The highest BCUT2D eigenvalue weighted by Crippen LogP contribution is 2.30. The lowest BCUT2D eigenvalue weighted by atomic mass is 10.0. The molecule has 6 heteroatoms. The number of fused-ring (bicyclic) bond motifs is 1. The number of nitro groups is 1. The molecule has 0 fully saturated rings. The molecule has 0 amide bonds. The number of carbonyl (C=O) groups excluding carboxylic acids is 1. The zero-order valence-corrected chi connectivity index (χ0v) is 15.5. The van der Waals surface area contributed by atoms with Gasteiger partial charge < -0.3 is 9.72 Å². The van der Waals surface area contributed by atoms with E-state index in [1.807, 2.05) is 54.6 Å². The predicted octanol–water partition coefficient (Wildman–Crippen LogP) is 5.08. The molecule has 29 heavy (non-hydrogen) atoms. The summed E-state index contributed by atoms with van der Waals surface area (Å²) in [6, 6.07) is 21.6. The summed E-state index contributed by atoms with van der Waals surface area (Å²) in [5, 5.41) is 12.2. The molecule has 4 aromatic rings. The average Bonchev–Trinajstić information content (AvgIpc) is 3.17. The van der Waals surface area contributed by atoms with Crippen LogP contribution in [0.1, 0.15) is 21.5 Å². The molecule has 0 saturated carbocycles. The second-order valence-corrected chi connectivity index (χ2v) is 6.68. The van der Waals surface area contributed by atoms with Crippen molar-refractivity contribution in [3.05, 3.63) is 106 Å². The molecule has 0 radical (unpaired) electrons. The third-order valence-electron chi connectivity index (χ3n) is 4.71. The summed E-state index contributed by atoms with van der Waals surface area (Å²) in [4.78, 5) is 26.8. The van der Waals surface area contributed by atoms with Crippen molar-refractivity contribution in [1.29, 1.82) is 0 Å². The molecule has 0 saturated heterocycles. The van der Waals surface area contributed by atoms with E-state index in [9.17, 15) is 14.9 Å². The van der Waals surface area contributed by atoms with Gasteiger partial charge in [-0.05, 0) is 23.3 Å². The van der Waals surface area contributed by atoms with Crippen molar-refractivity contribution in [3.8, 4) is 5.75 Å². The Bertz CT molecular complexity index is 1180. The van der Waals surface area contributed by atoms with E-state index in [-0.39, 0.29) is 30.2 Å². The van der Waals surface area contributed by atoms with Crippen LogP contribution in [0.15, 0.2) is 79.0 Å². The molecular weight excluding hydrogens is 368 g/mol. The molecule has 0 aliphatic rings. The Morgan fingerprint density at radius 2 is 1.72 bits per heavy atom. The lowest BCUT2D eigenvalue weighted by Gasteiger charge is -2.09. The van der Waals surface area contributed by atoms with Crippen LogP contribution in [0.4, 0.5) is 5.69 Å². The number of nitrogens with one attached hydrogen (secondary N) is 1. The molecule has 0 aliphatic carbocycles. The number of aromatic nitrogens is 1. The topological polar surface area (TPSA) is 85.2 Å². The minimum atomic E-state index is -0.481. The maximum atomic E-state index is 12.8. The van der Waals surface area contributed by atoms with Crippen molar-refractivity contribution in [3.63, 3.8) is 0 Å². The van der Waals surface area contributed by atoms with Crippen molar-refractivity contribution in [2.24, 2.45) is 0 Å². The molecular formula is C23H18N2O4. The standard InChI is InChI=1S/C23H18N2O4/c26-22(19-14-24-20-9-5-4-8-18(19)20)12-17-10-11-21(25(27)28)23(13-17)29-15-16-6-2-1-3-7-16/h1-11,13-14,24H,12,15H2. The molecule has 6 nitrogen and oxygen atoms in total. The van der Waals surface area contributed by atoms with E-state index < -0.39 is 4.92 Å². The highest BCUT2D eigenvalue weighted by atomic mass is 16.6. The predicted molar refractivity (Wildman–Crippen MR) is 110 cm³/mol. The van der Waals surface area contributed by atoms with Gasteiger partial charge in [-0.3, -0.25) is 14.9 Å². The minimum absolute atomic E-state index is 0.0645. The molecule has 3 aromatic carbocycles. The SMILES string of the molecule is O=C(Cc1ccc([N+](=O)[O-])c(OCc2ccccc2)c1)c1c[nH]c2ccccc12. The smallest absolute Gasteiger partial charge is 0.310 e. The summed E-state index contributed by atoms with van der Waals surface area (Å²) >= 11 is 0. The molecule has 0 atom stereocenters. The number of ether oxygens (including phenoxy) is 1. The van der Waals surface area contributed by atoms with Crippen LogP contribution in [-0.4, -0.2) is 15.7 Å². The first-order chi connectivity index (χ1) is 14.1. The van der Waals surface area contributed by atoms with E-state index in [0.717, 1.165) is 16.5 Å². The number of Topliss-reactive ketones (excluding diaryl/α,β-unsaturated/α-hetero) is 1. The number of nitrogens with zero attached hydrogens (tertiary/aromatic N) is 1. The van der Waals surface area contributed by atoms with Crippen LogP contribution in [0.5, 0.6) is 5.75 Å². The van der Waals surface area contributed by atoms with E-state index in [2.05, 4.69) is 4.98 Å².